The fourth-order valence-electron chi connectivity index (χ4n) is 8.55. The molecule has 10 nitrogen and oxygen atoms in total. The minimum Gasteiger partial charge on any atom is -0.504 e. The summed E-state index contributed by atoms with van der Waals surface area (Å²) in [5.41, 5.74) is 2.41. The molecule has 0 bridgehead atoms. The molecule has 6 atom stereocenters. The van der Waals surface area contributed by atoms with Crippen LogP contribution in [-0.2, 0) is 23.9 Å². The van der Waals surface area contributed by atoms with Crippen LogP contribution >= 0.6 is 23.2 Å². The molecule has 50 heavy (non-hydrogen) atoms. The van der Waals surface area contributed by atoms with Crippen LogP contribution in [0, 0.1) is 23.6 Å². The second-order valence-corrected chi connectivity index (χ2v) is 14.6. The quantitative estimate of drug-likeness (QED) is 0.219. The van der Waals surface area contributed by atoms with Crippen molar-refractivity contribution in [2.24, 2.45) is 17.8 Å². The fourth-order valence-corrected chi connectivity index (χ4v) is 9.48. The van der Waals surface area contributed by atoms with E-state index < -0.39 is 57.0 Å². The van der Waals surface area contributed by atoms with Crippen LogP contribution in [0.4, 0.5) is 21.5 Å². The topological polar surface area (TPSA) is 117 Å². The Bertz CT molecular complexity index is 1970. The van der Waals surface area contributed by atoms with Crippen molar-refractivity contribution in [2.75, 3.05) is 48.1 Å². The standard InChI is InChI=1S/C37H32Cl2FN3O7/c1-49-29-13-2-20(18-28(29)44)31-25-11-12-26-30(33(46)42(32(26)45)23-9-7-22(8-10-23)41-14-16-50-17-15-41)27(25)19-36(38)34(47)43(35(48)37(31,36)39)24-5-3-21(40)4-6-24/h2-11,13,18,26-27,30-31,44H,12,14-17,19H2,1H3/t26-,27+,30-,31-,36+,37-/m0/s1. The van der Waals surface area contributed by atoms with Crippen LogP contribution in [0.1, 0.15) is 24.3 Å². The molecule has 4 fully saturated rings. The number of halogens is 3. The third-order valence-electron chi connectivity index (χ3n) is 10.9. The lowest BCUT2D eigenvalue weighted by molar-refractivity contribution is -0.125. The zero-order valence-corrected chi connectivity index (χ0v) is 28.4. The molecular weight excluding hydrogens is 688 g/mol. The predicted molar refractivity (Wildman–Crippen MR) is 183 cm³/mol. The number of benzene rings is 3. The van der Waals surface area contributed by atoms with Crippen molar-refractivity contribution >= 4 is 63.9 Å². The second kappa shape index (κ2) is 11.8. The summed E-state index contributed by atoms with van der Waals surface area (Å²) in [6.45, 7) is 2.69. The minimum atomic E-state index is -2.11. The Morgan fingerprint density at radius 2 is 1.48 bits per heavy atom. The van der Waals surface area contributed by atoms with Crippen LogP contribution in [-0.4, -0.2) is 71.9 Å². The van der Waals surface area contributed by atoms with E-state index in [1.165, 1.54) is 36.3 Å². The number of carbonyl (C=O) groups excluding carboxylic acids is 4. The first-order valence-corrected chi connectivity index (χ1v) is 17.1. The summed E-state index contributed by atoms with van der Waals surface area (Å²) >= 11 is 14.8. The number of fused-ring (bicyclic) bond motifs is 4. The predicted octanol–water partition coefficient (Wildman–Crippen LogP) is 5.14. The lowest BCUT2D eigenvalue weighted by atomic mass is 9.56. The summed E-state index contributed by atoms with van der Waals surface area (Å²) in [5.74, 6) is -6.52. The van der Waals surface area contributed by atoms with Crippen LogP contribution in [0.3, 0.4) is 0 Å². The maximum Gasteiger partial charge on any atom is 0.258 e. The Morgan fingerprint density at radius 1 is 0.840 bits per heavy atom. The van der Waals surface area contributed by atoms with Gasteiger partial charge < -0.3 is 19.5 Å². The van der Waals surface area contributed by atoms with Gasteiger partial charge >= 0.3 is 0 Å². The lowest BCUT2D eigenvalue weighted by Crippen LogP contribution is -2.60. The van der Waals surface area contributed by atoms with E-state index >= 15 is 0 Å². The number of carbonyl (C=O) groups is 4. The molecule has 4 amide bonds. The van der Waals surface area contributed by atoms with Gasteiger partial charge in [0.1, 0.15) is 5.82 Å². The van der Waals surface area contributed by atoms with Gasteiger partial charge in [-0.15, -0.1) is 23.2 Å². The molecule has 0 unspecified atom stereocenters. The second-order valence-electron chi connectivity index (χ2n) is 13.3. The van der Waals surface area contributed by atoms with Gasteiger partial charge in [-0.1, -0.05) is 17.7 Å². The number of amides is 4. The van der Waals surface area contributed by atoms with Gasteiger partial charge in [-0.2, -0.15) is 0 Å². The van der Waals surface area contributed by atoms with Crippen LogP contribution < -0.4 is 19.4 Å². The summed E-state index contributed by atoms with van der Waals surface area (Å²) < 4.78 is 24.6. The number of hydrogen-bond acceptors (Lipinski definition) is 8. The molecule has 0 spiro atoms. The summed E-state index contributed by atoms with van der Waals surface area (Å²) in [6.07, 6.45) is 1.80. The number of hydrogen-bond donors (Lipinski definition) is 1. The van der Waals surface area contributed by atoms with E-state index in [1.54, 1.807) is 18.2 Å². The first kappa shape index (κ1) is 32.7. The normalized spacial score (nSPS) is 30.6. The van der Waals surface area contributed by atoms with Gasteiger partial charge in [0.2, 0.25) is 11.8 Å². The molecule has 13 heteroatoms. The van der Waals surface area contributed by atoms with Crippen LogP contribution in [0.25, 0.3) is 0 Å². The van der Waals surface area contributed by atoms with E-state index in [1.807, 2.05) is 18.2 Å². The number of imide groups is 2. The minimum absolute atomic E-state index is 0.0841. The maximum absolute atomic E-state index is 14.5. The highest BCUT2D eigenvalue weighted by atomic mass is 35.5. The summed E-state index contributed by atoms with van der Waals surface area (Å²) in [4.78, 5) is 57.4. The van der Waals surface area contributed by atoms with Crippen molar-refractivity contribution in [2.45, 2.75) is 28.5 Å². The van der Waals surface area contributed by atoms with Crippen molar-refractivity contribution in [3.8, 4) is 11.5 Å². The molecule has 3 aromatic rings. The average Bonchev–Trinajstić information content (AvgIpc) is 3.46. The maximum atomic E-state index is 14.5. The third kappa shape index (κ3) is 4.56. The number of nitrogens with zero attached hydrogens (tertiary/aromatic N) is 3. The smallest absolute Gasteiger partial charge is 0.258 e. The number of aromatic hydroxyl groups is 1. The summed E-state index contributed by atoms with van der Waals surface area (Å²) in [6, 6.07) is 16.6. The number of allylic oxidation sites excluding steroid dienone is 2. The Morgan fingerprint density at radius 3 is 2.14 bits per heavy atom. The fraction of sp³-hybridized carbons (Fsp3) is 0.351. The molecule has 1 saturated carbocycles. The Kier molecular flexibility index (Phi) is 7.74. The number of methoxy groups -OCH3 is 1. The van der Waals surface area contributed by atoms with E-state index in [0.717, 1.165) is 35.8 Å². The molecule has 3 saturated heterocycles. The zero-order valence-electron chi connectivity index (χ0n) is 26.9. The van der Waals surface area contributed by atoms with E-state index in [0.29, 0.717) is 30.0 Å². The molecule has 5 aliphatic rings. The Hall–Kier alpha value is -4.45. The van der Waals surface area contributed by atoms with Gasteiger partial charge in [0.25, 0.3) is 11.8 Å². The lowest BCUT2D eigenvalue weighted by Gasteiger charge is -2.50. The number of ether oxygens (including phenoxy) is 2. The summed E-state index contributed by atoms with van der Waals surface area (Å²) in [7, 11) is 1.40. The van der Waals surface area contributed by atoms with E-state index in [9.17, 15) is 28.7 Å². The third-order valence-corrected chi connectivity index (χ3v) is 12.3. The monoisotopic (exact) mass is 719 g/mol. The SMILES string of the molecule is COc1ccc([C@H]2C3=CC[C@@H]4C(=O)N(c5ccc(N6CCOCC6)cc5)C(=O)[C@@H]4[C@@H]3C[C@@]3(Cl)C(=O)N(c4ccc(F)cc4)C(=O)[C@@]23Cl)cc1O. The van der Waals surface area contributed by atoms with Gasteiger partial charge in [0.05, 0.1) is 43.5 Å². The van der Waals surface area contributed by atoms with E-state index in [4.69, 9.17) is 32.7 Å². The van der Waals surface area contributed by atoms with Crippen molar-refractivity contribution in [3.05, 3.63) is 89.8 Å². The number of anilines is 3. The molecule has 3 aromatic carbocycles. The van der Waals surface area contributed by atoms with Gasteiger partial charge in [-0.05, 0) is 85.0 Å². The number of alkyl halides is 2. The van der Waals surface area contributed by atoms with E-state index in [-0.39, 0.29) is 35.9 Å². The number of phenols is 1. The summed E-state index contributed by atoms with van der Waals surface area (Å²) in [5, 5.41) is 10.8. The van der Waals surface area contributed by atoms with Crippen LogP contribution in [0.5, 0.6) is 11.5 Å². The highest BCUT2D eigenvalue weighted by molar-refractivity contribution is 6.58. The Labute approximate surface area is 296 Å². The Balaban J connectivity index is 1.21. The van der Waals surface area contributed by atoms with Crippen molar-refractivity contribution in [1.29, 1.82) is 0 Å². The van der Waals surface area contributed by atoms with Gasteiger partial charge in [0, 0.05) is 24.7 Å². The van der Waals surface area contributed by atoms with Gasteiger partial charge in [0.15, 0.2) is 21.2 Å². The molecule has 1 N–H and O–H groups in total. The number of morpholine rings is 1. The first-order chi connectivity index (χ1) is 24.0. The van der Waals surface area contributed by atoms with Gasteiger partial charge in [-0.3, -0.25) is 24.1 Å². The largest absolute Gasteiger partial charge is 0.504 e. The number of phenolic OH excluding ortho intramolecular Hbond substituents is 1. The van der Waals surface area contributed by atoms with Gasteiger partial charge in [-0.25, -0.2) is 9.29 Å². The highest BCUT2D eigenvalue weighted by Crippen LogP contribution is 2.66. The zero-order chi connectivity index (χ0) is 35.1. The van der Waals surface area contributed by atoms with Crippen molar-refractivity contribution < 1.29 is 38.1 Å². The van der Waals surface area contributed by atoms with Crippen molar-refractivity contribution in [1.82, 2.24) is 0 Å². The molecule has 3 heterocycles. The molecule has 3 aliphatic heterocycles. The number of rotatable bonds is 5. The molecule has 0 aromatic heterocycles. The molecule has 258 valence electrons. The molecule has 8 rings (SSSR count). The van der Waals surface area contributed by atoms with Crippen LogP contribution in [0.2, 0.25) is 0 Å². The van der Waals surface area contributed by atoms with E-state index in [2.05, 4.69) is 4.90 Å². The van der Waals surface area contributed by atoms with Crippen LogP contribution in [0.15, 0.2) is 78.4 Å². The molecule has 0 radical (unpaired) electrons. The first-order valence-electron chi connectivity index (χ1n) is 16.4. The molecular formula is C37H32Cl2FN3O7. The van der Waals surface area contributed by atoms with Crippen molar-refractivity contribution in [3.63, 3.8) is 0 Å². The molecule has 2 aliphatic carbocycles. The highest BCUT2D eigenvalue weighted by Gasteiger charge is 2.76. The average molecular weight is 721 g/mol.